The summed E-state index contributed by atoms with van der Waals surface area (Å²) in [5.74, 6) is 2.49. The average Bonchev–Trinajstić information content (AvgIpc) is 3.37. The highest BCUT2D eigenvalue weighted by molar-refractivity contribution is 7.09. The van der Waals surface area contributed by atoms with Gasteiger partial charge in [-0.15, -0.1) is 11.3 Å². The molecule has 0 saturated heterocycles. The van der Waals surface area contributed by atoms with Crippen LogP contribution in [0.2, 0.25) is 0 Å². The zero-order chi connectivity index (χ0) is 22.7. The number of aliphatic hydroxyl groups excluding tert-OH is 2. The number of thiophene rings is 1. The van der Waals surface area contributed by atoms with Gasteiger partial charge in [0, 0.05) is 4.88 Å². The normalized spacial score (nSPS) is 47.9. The molecule has 0 aromatic carbocycles. The van der Waals surface area contributed by atoms with Crippen LogP contribution in [0.1, 0.15) is 89.9 Å². The molecule has 4 heteroatoms. The lowest BCUT2D eigenvalue weighted by atomic mass is 9.43. The molecule has 4 saturated carbocycles. The third kappa shape index (κ3) is 3.72. The summed E-state index contributed by atoms with van der Waals surface area (Å²) in [7, 11) is 0. The zero-order valence-corrected chi connectivity index (χ0v) is 21.1. The summed E-state index contributed by atoms with van der Waals surface area (Å²) >= 11 is 1.82. The van der Waals surface area contributed by atoms with Crippen LogP contribution in [-0.2, 0) is 6.42 Å². The minimum atomic E-state index is -0.609. The minimum absolute atomic E-state index is 0.171. The summed E-state index contributed by atoms with van der Waals surface area (Å²) < 4.78 is 0. The van der Waals surface area contributed by atoms with E-state index in [1.165, 1.54) is 24.1 Å². The van der Waals surface area contributed by atoms with Crippen LogP contribution in [0.3, 0.4) is 0 Å². The molecule has 5 rings (SSSR count). The van der Waals surface area contributed by atoms with Gasteiger partial charge < -0.3 is 15.3 Å². The van der Waals surface area contributed by atoms with Crippen LogP contribution in [0.25, 0.3) is 0 Å². The van der Waals surface area contributed by atoms with E-state index in [0.29, 0.717) is 23.7 Å². The Labute approximate surface area is 198 Å². The number of rotatable bonds is 5. The Morgan fingerprint density at radius 3 is 2.50 bits per heavy atom. The SMILES string of the molecule is C[C@]12CC[C@H](O)C[C@@H]1[C@@H](O)C[C@@H]1[C@@H]2CC[C@@]2(C)[C@H]1CC[C@@H]2[C@@](C)(O)CCCc1cccs1. The van der Waals surface area contributed by atoms with Crippen LogP contribution in [-0.4, -0.2) is 33.1 Å². The molecule has 4 fully saturated rings. The molecule has 4 aliphatic carbocycles. The van der Waals surface area contributed by atoms with Gasteiger partial charge in [0.1, 0.15) is 0 Å². The smallest absolute Gasteiger partial charge is 0.0653 e. The van der Waals surface area contributed by atoms with E-state index in [-0.39, 0.29) is 29.0 Å². The molecule has 10 atom stereocenters. The predicted octanol–water partition coefficient (Wildman–Crippen LogP) is 5.81. The van der Waals surface area contributed by atoms with Crippen molar-refractivity contribution >= 4 is 11.3 Å². The highest BCUT2D eigenvalue weighted by Crippen LogP contribution is 2.68. The molecule has 0 amide bonds. The fourth-order valence-corrected chi connectivity index (χ4v) is 10.3. The summed E-state index contributed by atoms with van der Waals surface area (Å²) in [6, 6.07) is 4.33. The van der Waals surface area contributed by atoms with Crippen LogP contribution in [0, 0.1) is 40.4 Å². The van der Waals surface area contributed by atoms with Crippen molar-refractivity contribution in [3.63, 3.8) is 0 Å². The van der Waals surface area contributed by atoms with E-state index in [4.69, 9.17) is 0 Å². The van der Waals surface area contributed by atoms with Crippen molar-refractivity contribution in [2.75, 3.05) is 0 Å². The minimum Gasteiger partial charge on any atom is -0.393 e. The van der Waals surface area contributed by atoms with E-state index in [1.807, 2.05) is 11.3 Å². The van der Waals surface area contributed by atoms with Crippen LogP contribution < -0.4 is 0 Å². The first-order valence-corrected chi connectivity index (χ1v) is 14.1. The molecule has 0 bridgehead atoms. The van der Waals surface area contributed by atoms with Gasteiger partial charge in [-0.3, -0.25) is 0 Å². The third-order valence-electron chi connectivity index (χ3n) is 11.1. The van der Waals surface area contributed by atoms with E-state index >= 15 is 0 Å². The summed E-state index contributed by atoms with van der Waals surface area (Å²) in [5.41, 5.74) is -0.253. The van der Waals surface area contributed by atoms with E-state index in [2.05, 4.69) is 38.3 Å². The van der Waals surface area contributed by atoms with Gasteiger partial charge in [-0.25, -0.2) is 0 Å². The Morgan fingerprint density at radius 2 is 1.75 bits per heavy atom. The molecule has 0 spiro atoms. The van der Waals surface area contributed by atoms with E-state index in [1.54, 1.807) is 0 Å². The molecule has 0 radical (unpaired) electrons. The second kappa shape index (κ2) is 8.36. The highest BCUT2D eigenvalue weighted by Gasteiger charge is 2.63. The summed E-state index contributed by atoms with van der Waals surface area (Å²) in [4.78, 5) is 1.42. The van der Waals surface area contributed by atoms with Gasteiger partial charge in [0.2, 0.25) is 0 Å². The number of aryl methyl sites for hydroxylation is 1. The maximum absolute atomic E-state index is 11.7. The standard InChI is InChI=1S/C28H44O3S/c1-26-13-10-18(29)16-23(26)24(30)17-20-21-8-9-25(27(21,2)14-11-22(20)26)28(3,31)12-4-6-19-7-5-15-32-19/h5,7,15,18,20-25,29-31H,4,6,8-14,16-17H2,1-3H3/t18-,20-,21-,22-,23+,24-,25-,26+,27-,28-/m0/s1. The molecule has 1 aromatic heterocycles. The maximum Gasteiger partial charge on any atom is 0.0653 e. The predicted molar refractivity (Wildman–Crippen MR) is 130 cm³/mol. The number of hydrogen-bond acceptors (Lipinski definition) is 4. The van der Waals surface area contributed by atoms with Gasteiger partial charge in [-0.1, -0.05) is 19.9 Å². The fraction of sp³-hybridized carbons (Fsp3) is 0.857. The Kier molecular flexibility index (Phi) is 6.09. The van der Waals surface area contributed by atoms with Crippen molar-refractivity contribution in [1.29, 1.82) is 0 Å². The first-order valence-electron chi connectivity index (χ1n) is 13.3. The van der Waals surface area contributed by atoms with Gasteiger partial charge in [0.15, 0.2) is 0 Å². The van der Waals surface area contributed by atoms with Crippen molar-refractivity contribution < 1.29 is 15.3 Å². The second-order valence-corrected chi connectivity index (χ2v) is 13.7. The van der Waals surface area contributed by atoms with Crippen molar-refractivity contribution in [3.8, 4) is 0 Å². The lowest BCUT2D eigenvalue weighted by molar-refractivity contribution is -0.179. The molecule has 4 aliphatic rings. The lowest BCUT2D eigenvalue weighted by Gasteiger charge is -2.62. The summed E-state index contributed by atoms with van der Waals surface area (Å²) in [6.45, 7) is 7.02. The molecular formula is C28H44O3S. The van der Waals surface area contributed by atoms with E-state index < -0.39 is 5.60 Å². The monoisotopic (exact) mass is 460 g/mol. The van der Waals surface area contributed by atoms with E-state index in [0.717, 1.165) is 51.4 Å². The Morgan fingerprint density at radius 1 is 1.00 bits per heavy atom. The molecule has 3 nitrogen and oxygen atoms in total. The van der Waals surface area contributed by atoms with Gasteiger partial charge in [0.25, 0.3) is 0 Å². The topological polar surface area (TPSA) is 60.7 Å². The highest BCUT2D eigenvalue weighted by atomic mass is 32.1. The lowest BCUT2D eigenvalue weighted by Crippen LogP contribution is -2.59. The Bertz CT molecular complexity index is 791. The van der Waals surface area contributed by atoms with Gasteiger partial charge >= 0.3 is 0 Å². The molecule has 0 unspecified atom stereocenters. The third-order valence-corrected chi connectivity index (χ3v) is 12.0. The van der Waals surface area contributed by atoms with Crippen molar-refractivity contribution in [3.05, 3.63) is 22.4 Å². The Balaban J connectivity index is 1.32. The van der Waals surface area contributed by atoms with Crippen LogP contribution in [0.15, 0.2) is 17.5 Å². The molecule has 1 heterocycles. The molecule has 32 heavy (non-hydrogen) atoms. The number of fused-ring (bicyclic) bond motifs is 5. The van der Waals surface area contributed by atoms with Crippen LogP contribution >= 0.6 is 11.3 Å². The first kappa shape index (κ1) is 23.3. The molecule has 180 valence electrons. The fourth-order valence-electron chi connectivity index (χ4n) is 9.55. The maximum atomic E-state index is 11.7. The largest absolute Gasteiger partial charge is 0.393 e. The van der Waals surface area contributed by atoms with Crippen molar-refractivity contribution in [2.45, 2.75) is 109 Å². The quantitative estimate of drug-likeness (QED) is 0.519. The van der Waals surface area contributed by atoms with Crippen LogP contribution in [0.5, 0.6) is 0 Å². The molecular weight excluding hydrogens is 416 g/mol. The Hall–Kier alpha value is -0.420. The van der Waals surface area contributed by atoms with Gasteiger partial charge in [-0.05, 0) is 129 Å². The first-order chi connectivity index (χ1) is 15.1. The molecule has 3 N–H and O–H groups in total. The average molecular weight is 461 g/mol. The van der Waals surface area contributed by atoms with Gasteiger partial charge in [-0.2, -0.15) is 0 Å². The number of aliphatic hydroxyl groups is 3. The van der Waals surface area contributed by atoms with Crippen LogP contribution in [0.4, 0.5) is 0 Å². The van der Waals surface area contributed by atoms with Gasteiger partial charge in [0.05, 0.1) is 17.8 Å². The summed E-state index contributed by atoms with van der Waals surface area (Å²) in [6.07, 6.45) is 10.9. The van der Waals surface area contributed by atoms with Crippen molar-refractivity contribution in [1.82, 2.24) is 0 Å². The van der Waals surface area contributed by atoms with E-state index in [9.17, 15) is 15.3 Å². The zero-order valence-electron chi connectivity index (χ0n) is 20.3. The number of hydrogen-bond donors (Lipinski definition) is 3. The second-order valence-electron chi connectivity index (χ2n) is 12.7. The molecule has 0 aliphatic heterocycles. The summed E-state index contributed by atoms with van der Waals surface area (Å²) in [5, 5.41) is 35.3. The molecule has 1 aromatic rings. The van der Waals surface area contributed by atoms with Crippen molar-refractivity contribution in [2.24, 2.45) is 40.4 Å².